The van der Waals surface area contributed by atoms with Gasteiger partial charge in [0.1, 0.15) is 11.6 Å². The van der Waals surface area contributed by atoms with Gasteiger partial charge in [-0.2, -0.15) is 5.10 Å². The van der Waals surface area contributed by atoms with E-state index in [2.05, 4.69) is 20.4 Å². The van der Waals surface area contributed by atoms with Crippen molar-refractivity contribution in [1.29, 1.82) is 0 Å². The molecule has 1 aliphatic rings. The van der Waals surface area contributed by atoms with E-state index in [1.165, 1.54) is 0 Å². The lowest BCUT2D eigenvalue weighted by atomic mass is 9.98. The summed E-state index contributed by atoms with van der Waals surface area (Å²) in [5.74, 6) is 1.14. The Kier molecular flexibility index (Phi) is 4.35. The highest BCUT2D eigenvalue weighted by atomic mass is 16.2. The minimum atomic E-state index is -0.0551. The maximum Gasteiger partial charge on any atom is 0.229 e. The highest BCUT2D eigenvalue weighted by Crippen LogP contribution is 2.47. The topological polar surface area (TPSA) is 125 Å². The lowest BCUT2D eigenvalue weighted by molar-refractivity contribution is -0.117. The van der Waals surface area contributed by atoms with E-state index in [0.717, 1.165) is 39.4 Å². The van der Waals surface area contributed by atoms with Gasteiger partial charge in [-0.3, -0.25) is 9.48 Å². The number of aryl methyl sites for hydroxylation is 1. The maximum atomic E-state index is 12.7. The third kappa shape index (κ3) is 3.46. The Morgan fingerprint density at radius 3 is 2.81 bits per heavy atom. The number of nitrogens with two attached hydrogens (primary N) is 2. The van der Waals surface area contributed by atoms with Gasteiger partial charge in [0.05, 0.1) is 6.20 Å². The summed E-state index contributed by atoms with van der Waals surface area (Å²) in [4.78, 5) is 21.2. The van der Waals surface area contributed by atoms with Crippen molar-refractivity contribution in [3.05, 3.63) is 60.2 Å². The van der Waals surface area contributed by atoms with Crippen LogP contribution in [0.5, 0.6) is 0 Å². The zero-order valence-electron chi connectivity index (χ0n) is 17.3. The van der Waals surface area contributed by atoms with Crippen LogP contribution in [-0.4, -0.2) is 25.7 Å². The summed E-state index contributed by atoms with van der Waals surface area (Å²) in [5, 5.41) is 8.88. The van der Waals surface area contributed by atoms with Crippen molar-refractivity contribution in [1.82, 2.24) is 19.7 Å². The Morgan fingerprint density at radius 2 is 2.03 bits per heavy atom. The highest BCUT2D eigenvalue weighted by molar-refractivity contribution is 6.00. The molecule has 1 aromatic carbocycles. The third-order valence-corrected chi connectivity index (χ3v) is 5.95. The van der Waals surface area contributed by atoms with E-state index in [0.29, 0.717) is 17.3 Å². The van der Waals surface area contributed by atoms with Gasteiger partial charge in [0, 0.05) is 42.6 Å². The lowest BCUT2D eigenvalue weighted by Crippen LogP contribution is -2.15. The summed E-state index contributed by atoms with van der Waals surface area (Å²) < 4.78 is 1.76. The lowest BCUT2D eigenvalue weighted by Gasteiger charge is -2.12. The van der Waals surface area contributed by atoms with Gasteiger partial charge in [0.2, 0.25) is 5.91 Å². The number of amides is 1. The molecule has 1 fully saturated rings. The molecule has 8 heteroatoms. The van der Waals surface area contributed by atoms with Crippen molar-refractivity contribution in [2.45, 2.75) is 19.3 Å². The second-order valence-corrected chi connectivity index (χ2v) is 8.11. The standard InChI is InChI=1S/C23H23N7O/c1-12-16(3-4-26-22(12)25)13-5-14-7-21(27-10-19(14)20(24)6-13)29-23(31)18-8-17(18)15-9-28-30(2)11-15/h3-7,9-11,17-18H,8,24H2,1-2H3,(H2,25,26)(H,27,29,31)/t17-,18+/m0/s1. The molecule has 0 bridgehead atoms. The van der Waals surface area contributed by atoms with Crippen molar-refractivity contribution in [3.8, 4) is 11.1 Å². The number of aromatic nitrogens is 4. The summed E-state index contributed by atoms with van der Waals surface area (Å²) >= 11 is 0. The summed E-state index contributed by atoms with van der Waals surface area (Å²) in [7, 11) is 1.88. The third-order valence-electron chi connectivity index (χ3n) is 5.95. The molecular formula is C23H23N7O. The van der Waals surface area contributed by atoms with Crippen LogP contribution in [0, 0.1) is 12.8 Å². The molecule has 0 unspecified atom stereocenters. The first-order valence-corrected chi connectivity index (χ1v) is 10.1. The van der Waals surface area contributed by atoms with Crippen molar-refractivity contribution in [2.24, 2.45) is 13.0 Å². The summed E-state index contributed by atoms with van der Waals surface area (Å²) in [5.41, 5.74) is 16.8. The Labute approximate surface area is 179 Å². The summed E-state index contributed by atoms with van der Waals surface area (Å²) in [6, 6.07) is 7.71. The van der Waals surface area contributed by atoms with Gasteiger partial charge in [-0.1, -0.05) is 0 Å². The normalized spacial score (nSPS) is 17.6. The van der Waals surface area contributed by atoms with Crippen LogP contribution >= 0.6 is 0 Å². The molecule has 2 atom stereocenters. The summed E-state index contributed by atoms with van der Waals surface area (Å²) in [6.07, 6.45) is 7.99. The smallest absolute Gasteiger partial charge is 0.229 e. The first kappa shape index (κ1) is 19.0. The predicted octanol–water partition coefficient (Wildman–Crippen LogP) is 3.25. The zero-order chi connectivity index (χ0) is 21.7. The molecule has 0 aliphatic heterocycles. The van der Waals surface area contributed by atoms with E-state index < -0.39 is 0 Å². The van der Waals surface area contributed by atoms with Gasteiger partial charge >= 0.3 is 0 Å². The van der Waals surface area contributed by atoms with Crippen LogP contribution in [-0.2, 0) is 11.8 Å². The molecule has 31 heavy (non-hydrogen) atoms. The number of carbonyl (C=O) groups is 1. The number of nitrogen functional groups attached to an aromatic ring is 2. The van der Waals surface area contributed by atoms with E-state index in [1.807, 2.05) is 50.6 Å². The van der Waals surface area contributed by atoms with Gasteiger partial charge in [0.15, 0.2) is 0 Å². The summed E-state index contributed by atoms with van der Waals surface area (Å²) in [6.45, 7) is 1.94. The van der Waals surface area contributed by atoms with Crippen LogP contribution in [0.4, 0.5) is 17.3 Å². The average molecular weight is 413 g/mol. The number of carbonyl (C=O) groups excluding carboxylic acids is 1. The number of hydrogen-bond acceptors (Lipinski definition) is 6. The molecule has 156 valence electrons. The molecule has 0 spiro atoms. The van der Waals surface area contributed by atoms with Crippen molar-refractivity contribution < 1.29 is 4.79 Å². The minimum absolute atomic E-state index is 0.0254. The Morgan fingerprint density at radius 1 is 1.19 bits per heavy atom. The minimum Gasteiger partial charge on any atom is -0.398 e. The van der Waals surface area contributed by atoms with Gasteiger partial charge in [-0.05, 0) is 71.2 Å². The number of nitrogens with one attached hydrogen (secondary N) is 1. The Hall–Kier alpha value is -3.94. The number of pyridine rings is 2. The molecule has 3 heterocycles. The van der Waals surface area contributed by atoms with Crippen molar-refractivity contribution in [3.63, 3.8) is 0 Å². The zero-order valence-corrected chi connectivity index (χ0v) is 17.3. The molecule has 8 nitrogen and oxygen atoms in total. The number of nitrogens with zero attached hydrogens (tertiary/aromatic N) is 4. The number of fused-ring (bicyclic) bond motifs is 1. The molecule has 0 radical (unpaired) electrons. The fourth-order valence-corrected chi connectivity index (χ4v) is 4.08. The number of rotatable bonds is 4. The van der Waals surface area contributed by atoms with Crippen LogP contribution < -0.4 is 16.8 Å². The van der Waals surface area contributed by atoms with Crippen LogP contribution in [0.3, 0.4) is 0 Å². The Bertz CT molecular complexity index is 1330. The van der Waals surface area contributed by atoms with Crippen molar-refractivity contribution in [2.75, 3.05) is 16.8 Å². The van der Waals surface area contributed by atoms with Gasteiger partial charge in [0.25, 0.3) is 0 Å². The second kappa shape index (κ2) is 7.09. The Balaban J connectivity index is 1.42. The quantitative estimate of drug-likeness (QED) is 0.441. The molecule has 0 saturated heterocycles. The maximum absolute atomic E-state index is 12.7. The van der Waals surface area contributed by atoms with Crippen molar-refractivity contribution >= 4 is 34.0 Å². The predicted molar refractivity (Wildman–Crippen MR) is 121 cm³/mol. The van der Waals surface area contributed by atoms with Crippen LogP contribution in [0.1, 0.15) is 23.5 Å². The number of hydrogen-bond donors (Lipinski definition) is 3. The molecule has 1 amide bonds. The van der Waals surface area contributed by atoms with E-state index >= 15 is 0 Å². The fraction of sp³-hybridized carbons (Fsp3) is 0.217. The van der Waals surface area contributed by atoms with Crippen LogP contribution in [0.2, 0.25) is 0 Å². The second-order valence-electron chi connectivity index (χ2n) is 8.11. The van der Waals surface area contributed by atoms with Crippen LogP contribution in [0.25, 0.3) is 21.9 Å². The average Bonchev–Trinajstić information content (AvgIpc) is 3.43. The first-order valence-electron chi connectivity index (χ1n) is 10.1. The van der Waals surface area contributed by atoms with Gasteiger partial charge in [-0.15, -0.1) is 0 Å². The molecule has 1 saturated carbocycles. The molecule has 4 aromatic rings. The van der Waals surface area contributed by atoms with E-state index in [1.54, 1.807) is 17.1 Å². The largest absolute Gasteiger partial charge is 0.398 e. The van der Waals surface area contributed by atoms with Gasteiger partial charge < -0.3 is 16.8 Å². The van der Waals surface area contributed by atoms with E-state index in [4.69, 9.17) is 11.5 Å². The first-order chi connectivity index (χ1) is 14.9. The van der Waals surface area contributed by atoms with Crippen LogP contribution in [0.15, 0.2) is 49.1 Å². The van der Waals surface area contributed by atoms with E-state index in [-0.39, 0.29) is 17.7 Å². The SMILES string of the molecule is Cc1c(-c2cc(N)c3cnc(NC(=O)[C@@H]4C[C@H]4c4cnn(C)c4)cc3c2)ccnc1N. The van der Waals surface area contributed by atoms with E-state index in [9.17, 15) is 4.79 Å². The molecule has 1 aliphatic carbocycles. The fourth-order valence-electron chi connectivity index (χ4n) is 4.08. The number of benzene rings is 1. The molecular weight excluding hydrogens is 390 g/mol. The van der Waals surface area contributed by atoms with Gasteiger partial charge in [-0.25, -0.2) is 9.97 Å². The number of anilines is 3. The molecule has 3 aromatic heterocycles. The highest BCUT2D eigenvalue weighted by Gasteiger charge is 2.44. The molecule has 5 N–H and O–H groups in total. The molecule has 5 rings (SSSR count). The monoisotopic (exact) mass is 413 g/mol.